The number of rotatable bonds is 6. The Morgan fingerprint density at radius 2 is 2.05 bits per heavy atom. The highest BCUT2D eigenvalue weighted by Gasteiger charge is 2.23. The van der Waals surface area contributed by atoms with E-state index in [2.05, 4.69) is 15.6 Å². The highest BCUT2D eigenvalue weighted by atomic mass is 32.1. The topological polar surface area (TPSA) is 129 Å². The molecule has 104 valence electrons. The Kier molecular flexibility index (Phi) is 5.24. The number of amides is 2. The SMILES string of the molecule is CC(NC(=O)N[C@H](CC(=O)O)C(=O)O)c1nccs1. The second kappa shape index (κ2) is 6.69. The van der Waals surface area contributed by atoms with Crippen LogP contribution in [0.5, 0.6) is 0 Å². The molecular weight excluding hydrogens is 274 g/mol. The minimum absolute atomic E-state index is 0.390. The summed E-state index contributed by atoms with van der Waals surface area (Å²) in [5, 5.41) is 24.3. The Morgan fingerprint density at radius 3 is 2.53 bits per heavy atom. The van der Waals surface area contributed by atoms with Gasteiger partial charge < -0.3 is 20.8 Å². The van der Waals surface area contributed by atoms with Gasteiger partial charge in [-0.15, -0.1) is 11.3 Å². The third kappa shape index (κ3) is 4.92. The summed E-state index contributed by atoms with van der Waals surface area (Å²) >= 11 is 1.34. The number of aromatic nitrogens is 1. The van der Waals surface area contributed by atoms with Gasteiger partial charge in [0.2, 0.25) is 0 Å². The Morgan fingerprint density at radius 1 is 1.37 bits per heavy atom. The highest BCUT2D eigenvalue weighted by molar-refractivity contribution is 7.09. The van der Waals surface area contributed by atoms with Crippen molar-refractivity contribution in [3.8, 4) is 0 Å². The molecule has 9 heteroatoms. The van der Waals surface area contributed by atoms with Crippen molar-refractivity contribution in [2.24, 2.45) is 0 Å². The zero-order valence-corrected chi connectivity index (χ0v) is 10.8. The van der Waals surface area contributed by atoms with Crippen LogP contribution in [-0.2, 0) is 9.59 Å². The van der Waals surface area contributed by atoms with Crippen molar-refractivity contribution < 1.29 is 24.6 Å². The quantitative estimate of drug-likeness (QED) is 0.600. The van der Waals surface area contributed by atoms with Crippen molar-refractivity contribution >= 4 is 29.3 Å². The summed E-state index contributed by atoms with van der Waals surface area (Å²) in [5.74, 6) is -2.71. The Labute approximate surface area is 112 Å². The van der Waals surface area contributed by atoms with Crippen LogP contribution >= 0.6 is 11.3 Å². The molecule has 8 nitrogen and oxygen atoms in total. The number of carboxylic acids is 2. The Bertz CT molecular complexity index is 462. The number of hydrogen-bond acceptors (Lipinski definition) is 5. The largest absolute Gasteiger partial charge is 0.481 e. The summed E-state index contributed by atoms with van der Waals surface area (Å²) in [4.78, 5) is 36.8. The van der Waals surface area contributed by atoms with Crippen molar-refractivity contribution in [2.45, 2.75) is 25.4 Å². The first-order valence-corrected chi connectivity index (χ1v) is 6.19. The molecule has 1 rings (SSSR count). The van der Waals surface area contributed by atoms with Crippen molar-refractivity contribution in [1.82, 2.24) is 15.6 Å². The molecule has 0 radical (unpaired) electrons. The molecule has 0 saturated carbocycles. The average Bonchev–Trinajstić information content (AvgIpc) is 2.80. The number of hydrogen-bond donors (Lipinski definition) is 4. The summed E-state index contributed by atoms with van der Waals surface area (Å²) in [6.45, 7) is 1.69. The van der Waals surface area contributed by atoms with Crippen molar-refractivity contribution in [3.63, 3.8) is 0 Å². The number of aliphatic carboxylic acids is 2. The van der Waals surface area contributed by atoms with Gasteiger partial charge >= 0.3 is 18.0 Å². The number of nitrogens with zero attached hydrogens (tertiary/aromatic N) is 1. The fourth-order valence-electron chi connectivity index (χ4n) is 1.28. The van der Waals surface area contributed by atoms with E-state index < -0.39 is 30.4 Å². The minimum atomic E-state index is -1.47. The fraction of sp³-hybridized carbons (Fsp3) is 0.400. The number of carboxylic acid groups (broad SMARTS) is 2. The van der Waals surface area contributed by atoms with Gasteiger partial charge in [0.05, 0.1) is 12.5 Å². The predicted molar refractivity (Wildman–Crippen MR) is 65.9 cm³/mol. The maximum Gasteiger partial charge on any atom is 0.326 e. The first kappa shape index (κ1) is 14.9. The van der Waals surface area contributed by atoms with Crippen LogP contribution < -0.4 is 10.6 Å². The van der Waals surface area contributed by atoms with Crippen molar-refractivity contribution in [1.29, 1.82) is 0 Å². The lowest BCUT2D eigenvalue weighted by molar-refractivity contribution is -0.145. The van der Waals surface area contributed by atoms with E-state index >= 15 is 0 Å². The van der Waals surface area contributed by atoms with Crippen LogP contribution in [-0.4, -0.2) is 39.2 Å². The molecule has 0 aliphatic heterocycles. The van der Waals surface area contributed by atoms with Gasteiger partial charge in [0.25, 0.3) is 0 Å². The summed E-state index contributed by atoms with van der Waals surface area (Å²) in [5.41, 5.74) is 0. The molecule has 1 aromatic heterocycles. The normalized spacial score (nSPS) is 13.3. The van der Waals surface area contributed by atoms with Crippen LogP contribution in [0.2, 0.25) is 0 Å². The molecule has 4 N–H and O–H groups in total. The van der Waals surface area contributed by atoms with Gasteiger partial charge in [-0.05, 0) is 6.92 Å². The van der Waals surface area contributed by atoms with Crippen LogP contribution in [0.4, 0.5) is 4.79 Å². The predicted octanol–water partition coefficient (Wildman–Crippen LogP) is 0.431. The van der Waals surface area contributed by atoms with Gasteiger partial charge in [-0.3, -0.25) is 4.79 Å². The molecule has 0 spiro atoms. The average molecular weight is 287 g/mol. The maximum atomic E-state index is 11.5. The fourth-order valence-corrected chi connectivity index (χ4v) is 1.93. The second-order valence-electron chi connectivity index (χ2n) is 3.70. The molecule has 1 aromatic rings. The van der Waals surface area contributed by atoms with Crippen LogP contribution in [0.1, 0.15) is 24.4 Å². The third-order valence-electron chi connectivity index (χ3n) is 2.15. The van der Waals surface area contributed by atoms with Gasteiger partial charge in [-0.1, -0.05) is 0 Å². The van der Waals surface area contributed by atoms with Gasteiger partial charge in [-0.2, -0.15) is 0 Å². The first-order chi connectivity index (χ1) is 8.90. The van der Waals surface area contributed by atoms with E-state index in [1.165, 1.54) is 11.3 Å². The van der Waals surface area contributed by atoms with E-state index in [9.17, 15) is 14.4 Å². The van der Waals surface area contributed by atoms with E-state index in [4.69, 9.17) is 10.2 Å². The monoisotopic (exact) mass is 287 g/mol. The van der Waals surface area contributed by atoms with Crippen molar-refractivity contribution in [2.75, 3.05) is 0 Å². The molecule has 19 heavy (non-hydrogen) atoms. The molecule has 2 atom stereocenters. The van der Waals surface area contributed by atoms with E-state index in [0.717, 1.165) is 0 Å². The molecule has 0 aromatic carbocycles. The molecule has 1 unspecified atom stereocenters. The lowest BCUT2D eigenvalue weighted by atomic mass is 10.2. The van der Waals surface area contributed by atoms with Gasteiger partial charge in [-0.25, -0.2) is 14.6 Å². The zero-order chi connectivity index (χ0) is 14.4. The van der Waals surface area contributed by atoms with Gasteiger partial charge in [0.15, 0.2) is 0 Å². The van der Waals surface area contributed by atoms with Crippen LogP contribution in [0.3, 0.4) is 0 Å². The molecule has 0 bridgehead atoms. The van der Waals surface area contributed by atoms with Crippen LogP contribution in [0, 0.1) is 0 Å². The number of carbonyl (C=O) groups excluding carboxylic acids is 1. The first-order valence-electron chi connectivity index (χ1n) is 5.31. The highest BCUT2D eigenvalue weighted by Crippen LogP contribution is 2.14. The Hall–Kier alpha value is -2.16. The minimum Gasteiger partial charge on any atom is -0.481 e. The smallest absolute Gasteiger partial charge is 0.326 e. The summed E-state index contributed by atoms with van der Waals surface area (Å²) < 4.78 is 0. The molecule has 1 heterocycles. The Balaban J connectivity index is 2.53. The zero-order valence-electron chi connectivity index (χ0n) is 9.99. The van der Waals surface area contributed by atoms with Crippen LogP contribution in [0.15, 0.2) is 11.6 Å². The van der Waals surface area contributed by atoms with Crippen molar-refractivity contribution in [3.05, 3.63) is 16.6 Å². The summed E-state index contributed by atoms with van der Waals surface area (Å²) in [7, 11) is 0. The lowest BCUT2D eigenvalue weighted by Crippen LogP contribution is -2.47. The molecule has 0 saturated heterocycles. The third-order valence-corrected chi connectivity index (χ3v) is 3.11. The summed E-state index contributed by atoms with van der Waals surface area (Å²) in [6, 6.07) is -2.61. The lowest BCUT2D eigenvalue weighted by Gasteiger charge is -2.16. The van der Waals surface area contributed by atoms with Gasteiger partial charge in [0, 0.05) is 11.6 Å². The van der Waals surface area contributed by atoms with Gasteiger partial charge in [0.1, 0.15) is 11.0 Å². The number of urea groups is 1. The second-order valence-corrected chi connectivity index (χ2v) is 4.62. The molecule has 0 aliphatic carbocycles. The number of nitrogens with one attached hydrogen (secondary N) is 2. The number of thiazole rings is 1. The van der Waals surface area contributed by atoms with E-state index in [-0.39, 0.29) is 6.04 Å². The maximum absolute atomic E-state index is 11.5. The molecule has 0 aliphatic rings. The number of carbonyl (C=O) groups is 3. The molecular formula is C10H13N3O5S. The van der Waals surface area contributed by atoms with E-state index in [0.29, 0.717) is 5.01 Å². The molecule has 2 amide bonds. The molecule has 0 fully saturated rings. The summed E-state index contributed by atoms with van der Waals surface area (Å²) in [6.07, 6.45) is 0.898. The van der Waals surface area contributed by atoms with E-state index in [1.807, 2.05) is 0 Å². The van der Waals surface area contributed by atoms with E-state index in [1.54, 1.807) is 18.5 Å². The van der Waals surface area contributed by atoms with Crippen LogP contribution in [0.25, 0.3) is 0 Å². The standard InChI is InChI=1S/C10H13N3O5S/c1-5(8-11-2-3-19-8)12-10(18)13-6(9(16)17)4-7(14)15/h2-3,5-6H,4H2,1H3,(H,14,15)(H,16,17)(H2,12,13,18)/t5?,6-/m1/s1.